The Morgan fingerprint density at radius 2 is 1.87 bits per heavy atom. The van der Waals surface area contributed by atoms with Gasteiger partial charge in [-0.15, -0.1) is 0 Å². The Labute approximate surface area is 101 Å². The van der Waals surface area contributed by atoms with Gasteiger partial charge in [0.1, 0.15) is 0 Å². The third kappa shape index (κ3) is 5.38. The molecule has 0 heterocycles. The largest absolute Gasteiger partial charge is 0.0991 e. The molecule has 0 fully saturated rings. The lowest BCUT2D eigenvalue weighted by molar-refractivity contribution is 1.39. The molecule has 0 saturated heterocycles. The van der Waals surface area contributed by atoms with Crippen molar-refractivity contribution in [2.75, 3.05) is 0 Å². The Morgan fingerprint density at radius 1 is 1.27 bits per heavy atom. The molecule has 0 aromatic rings. The number of hydrogen-bond donors (Lipinski definition) is 0. The molecule has 15 heavy (non-hydrogen) atoms. The van der Waals surface area contributed by atoms with Crippen molar-refractivity contribution in [3.05, 3.63) is 71.3 Å². The summed E-state index contributed by atoms with van der Waals surface area (Å²) in [7, 11) is 0. The topological polar surface area (TPSA) is 0 Å². The van der Waals surface area contributed by atoms with Crippen LogP contribution in [0, 0.1) is 0 Å². The van der Waals surface area contributed by atoms with Crippen molar-refractivity contribution in [1.82, 2.24) is 0 Å². The molecular formula is C14H17Br. The Morgan fingerprint density at radius 3 is 2.33 bits per heavy atom. The normalized spacial score (nSPS) is 13.0. The second-order valence-electron chi connectivity index (χ2n) is 3.10. The van der Waals surface area contributed by atoms with Gasteiger partial charge in [0.2, 0.25) is 0 Å². The van der Waals surface area contributed by atoms with E-state index in [1.54, 1.807) is 6.08 Å². The zero-order valence-electron chi connectivity index (χ0n) is 9.39. The molecule has 0 rings (SSSR count). The molecule has 0 aromatic heterocycles. The highest BCUT2D eigenvalue weighted by Crippen LogP contribution is 2.20. The van der Waals surface area contributed by atoms with Crippen molar-refractivity contribution in [2.45, 2.75) is 13.8 Å². The molecule has 0 unspecified atom stereocenters. The third-order valence-corrected chi connectivity index (χ3v) is 2.61. The first-order chi connectivity index (χ1) is 7.02. The van der Waals surface area contributed by atoms with Crippen molar-refractivity contribution >= 4 is 15.9 Å². The molecule has 0 bridgehead atoms. The average molecular weight is 265 g/mol. The third-order valence-electron chi connectivity index (χ3n) is 1.93. The van der Waals surface area contributed by atoms with Gasteiger partial charge in [0.15, 0.2) is 0 Å². The summed E-state index contributed by atoms with van der Waals surface area (Å²) in [5.74, 6) is 0. The molecule has 0 spiro atoms. The van der Waals surface area contributed by atoms with Crippen LogP contribution < -0.4 is 0 Å². The first-order valence-electron chi connectivity index (χ1n) is 4.70. The minimum Gasteiger partial charge on any atom is -0.0991 e. The maximum absolute atomic E-state index is 3.99. The lowest BCUT2D eigenvalue weighted by Gasteiger charge is -2.05. The summed E-state index contributed by atoms with van der Waals surface area (Å²) >= 11 is 3.43. The maximum atomic E-state index is 3.99. The highest BCUT2D eigenvalue weighted by atomic mass is 79.9. The minimum atomic E-state index is 0.903. The van der Waals surface area contributed by atoms with Gasteiger partial charge in [-0.2, -0.15) is 0 Å². The summed E-state index contributed by atoms with van der Waals surface area (Å²) in [5, 5.41) is 0. The second-order valence-corrected chi connectivity index (χ2v) is 4.02. The van der Waals surface area contributed by atoms with Crippen LogP contribution in [-0.2, 0) is 0 Å². The van der Waals surface area contributed by atoms with Gasteiger partial charge < -0.3 is 0 Å². The summed E-state index contributed by atoms with van der Waals surface area (Å²) in [6, 6.07) is 0. The monoisotopic (exact) mass is 264 g/mol. The van der Waals surface area contributed by atoms with E-state index in [2.05, 4.69) is 35.7 Å². The van der Waals surface area contributed by atoms with Gasteiger partial charge >= 0.3 is 0 Å². The van der Waals surface area contributed by atoms with Crippen molar-refractivity contribution in [3.63, 3.8) is 0 Å². The standard InChI is InChI=1S/C14H17Br/c1-6-8-9-11(3)13(5)12(4)10-14(15)7-2/h6-10H,1,3,5H2,2,4H3/b9-8-,12-10-,14-7+. The molecule has 0 aromatic carbocycles. The number of rotatable bonds is 5. The van der Waals surface area contributed by atoms with Crippen LogP contribution in [0.3, 0.4) is 0 Å². The van der Waals surface area contributed by atoms with E-state index >= 15 is 0 Å². The lowest BCUT2D eigenvalue weighted by Crippen LogP contribution is -1.85. The minimum absolute atomic E-state index is 0.903. The summed E-state index contributed by atoms with van der Waals surface area (Å²) in [6.07, 6.45) is 9.48. The van der Waals surface area contributed by atoms with E-state index in [9.17, 15) is 0 Å². The summed E-state index contributed by atoms with van der Waals surface area (Å²) in [5.41, 5.74) is 2.94. The molecule has 0 amide bonds. The van der Waals surface area contributed by atoms with Crippen molar-refractivity contribution in [1.29, 1.82) is 0 Å². The quantitative estimate of drug-likeness (QED) is 0.607. The Bertz CT molecular complexity index is 352. The fraction of sp³-hybridized carbons (Fsp3) is 0.143. The fourth-order valence-corrected chi connectivity index (χ4v) is 1.26. The highest BCUT2D eigenvalue weighted by Gasteiger charge is 1.99. The highest BCUT2D eigenvalue weighted by molar-refractivity contribution is 9.11. The Kier molecular flexibility index (Phi) is 6.72. The molecule has 0 aliphatic carbocycles. The van der Waals surface area contributed by atoms with E-state index < -0.39 is 0 Å². The predicted molar refractivity (Wildman–Crippen MR) is 74.1 cm³/mol. The van der Waals surface area contributed by atoms with Gasteiger partial charge in [-0.05, 0) is 36.6 Å². The van der Waals surface area contributed by atoms with E-state index in [0.29, 0.717) is 0 Å². The molecule has 0 N–H and O–H groups in total. The molecule has 80 valence electrons. The van der Waals surface area contributed by atoms with Gasteiger partial charge in [-0.3, -0.25) is 0 Å². The Balaban J connectivity index is 4.72. The van der Waals surface area contributed by atoms with Crippen molar-refractivity contribution in [3.8, 4) is 0 Å². The lowest BCUT2D eigenvalue weighted by atomic mass is 10.0. The molecule has 0 nitrogen and oxygen atoms in total. The van der Waals surface area contributed by atoms with Gasteiger partial charge in [-0.25, -0.2) is 0 Å². The van der Waals surface area contributed by atoms with Crippen LogP contribution in [0.2, 0.25) is 0 Å². The van der Waals surface area contributed by atoms with Crippen LogP contribution in [0.1, 0.15) is 13.8 Å². The predicted octanol–water partition coefficient (Wildman–Crippen LogP) is 5.09. The van der Waals surface area contributed by atoms with Gasteiger partial charge in [-0.1, -0.05) is 60.0 Å². The van der Waals surface area contributed by atoms with Gasteiger partial charge in [0.05, 0.1) is 0 Å². The van der Waals surface area contributed by atoms with E-state index in [1.807, 2.05) is 38.2 Å². The molecule has 0 aliphatic rings. The zero-order valence-corrected chi connectivity index (χ0v) is 11.0. The summed E-state index contributed by atoms with van der Waals surface area (Å²) in [6.45, 7) is 15.5. The molecular weight excluding hydrogens is 248 g/mol. The van der Waals surface area contributed by atoms with E-state index in [4.69, 9.17) is 0 Å². The smallest absolute Gasteiger partial charge is 0.0135 e. The number of halogens is 1. The van der Waals surface area contributed by atoms with Crippen molar-refractivity contribution in [2.24, 2.45) is 0 Å². The molecule has 1 heteroatoms. The average Bonchev–Trinajstić information content (AvgIpc) is 2.24. The first-order valence-corrected chi connectivity index (χ1v) is 5.50. The number of allylic oxidation sites excluding steroid dienone is 9. The Hall–Kier alpha value is -1.08. The molecule has 0 radical (unpaired) electrons. The van der Waals surface area contributed by atoms with Crippen LogP contribution in [0.4, 0.5) is 0 Å². The van der Waals surface area contributed by atoms with Crippen LogP contribution >= 0.6 is 15.9 Å². The van der Waals surface area contributed by atoms with Crippen LogP contribution in [-0.4, -0.2) is 0 Å². The van der Waals surface area contributed by atoms with E-state index in [0.717, 1.165) is 21.2 Å². The fourth-order valence-electron chi connectivity index (χ4n) is 0.915. The maximum Gasteiger partial charge on any atom is 0.0135 e. The van der Waals surface area contributed by atoms with Gasteiger partial charge in [0.25, 0.3) is 0 Å². The summed E-state index contributed by atoms with van der Waals surface area (Å²) < 4.78 is 1.04. The van der Waals surface area contributed by atoms with E-state index in [1.165, 1.54) is 0 Å². The van der Waals surface area contributed by atoms with Crippen LogP contribution in [0.25, 0.3) is 0 Å². The zero-order chi connectivity index (χ0) is 11.8. The van der Waals surface area contributed by atoms with Crippen LogP contribution in [0.15, 0.2) is 71.3 Å². The summed E-state index contributed by atoms with van der Waals surface area (Å²) in [4.78, 5) is 0. The molecule has 0 aliphatic heterocycles. The first kappa shape index (κ1) is 13.9. The molecule has 0 saturated carbocycles. The van der Waals surface area contributed by atoms with Crippen LogP contribution in [0.5, 0.6) is 0 Å². The number of hydrogen-bond acceptors (Lipinski definition) is 0. The molecule has 0 atom stereocenters. The van der Waals surface area contributed by atoms with E-state index in [-0.39, 0.29) is 0 Å². The van der Waals surface area contributed by atoms with Gasteiger partial charge in [0, 0.05) is 4.48 Å². The SMILES string of the molecule is C=C/C=C\C(=C)C(=C)/C(C)=C\C(Br)=C/C. The van der Waals surface area contributed by atoms with Crippen molar-refractivity contribution < 1.29 is 0 Å². The second kappa shape index (κ2) is 7.24.